The molecule has 0 aromatic rings. The molecule has 2 amide bonds. The molecule has 22 heavy (non-hydrogen) atoms. The third-order valence-electron chi connectivity index (χ3n) is 5.87. The van der Waals surface area contributed by atoms with Crippen molar-refractivity contribution >= 4 is 11.8 Å². The maximum absolute atomic E-state index is 12.2. The molecule has 2 saturated heterocycles. The van der Waals surface area contributed by atoms with Crippen LogP contribution >= 0.6 is 0 Å². The van der Waals surface area contributed by atoms with Crippen LogP contribution in [0.4, 0.5) is 0 Å². The lowest BCUT2D eigenvalue weighted by atomic mass is 9.79. The number of ether oxygens (including phenoxy) is 1. The largest absolute Gasteiger partial charge is 0.371 e. The average Bonchev–Trinajstić information content (AvgIpc) is 3.25. The topological polar surface area (TPSA) is 58.6 Å². The number of amides is 2. The second kappa shape index (κ2) is 5.52. The Morgan fingerprint density at radius 3 is 2.41 bits per heavy atom. The third kappa shape index (κ3) is 2.75. The van der Waals surface area contributed by atoms with Crippen molar-refractivity contribution < 1.29 is 14.3 Å². The molecule has 1 spiro atoms. The van der Waals surface area contributed by atoms with Gasteiger partial charge in [0.25, 0.3) is 0 Å². The van der Waals surface area contributed by atoms with Gasteiger partial charge in [-0.3, -0.25) is 9.59 Å². The summed E-state index contributed by atoms with van der Waals surface area (Å²) in [6, 6.07) is 0. The normalized spacial score (nSPS) is 30.5. The van der Waals surface area contributed by atoms with Gasteiger partial charge in [0.1, 0.15) is 5.60 Å². The Kier molecular flexibility index (Phi) is 3.63. The van der Waals surface area contributed by atoms with Crippen molar-refractivity contribution in [2.24, 2.45) is 17.8 Å². The van der Waals surface area contributed by atoms with E-state index in [1.54, 1.807) is 0 Å². The molecule has 4 fully saturated rings. The highest BCUT2D eigenvalue weighted by molar-refractivity contribution is 5.81. The van der Waals surface area contributed by atoms with Crippen molar-refractivity contribution in [3.8, 4) is 0 Å². The molecule has 0 aromatic carbocycles. The number of nitrogens with zero attached hydrogens (tertiary/aromatic N) is 1. The second-order valence-electron chi connectivity index (χ2n) is 7.74. The first-order chi connectivity index (χ1) is 10.7. The Morgan fingerprint density at radius 1 is 1.09 bits per heavy atom. The smallest absolute Gasteiger partial charge is 0.225 e. The van der Waals surface area contributed by atoms with Gasteiger partial charge in [-0.25, -0.2) is 0 Å². The monoisotopic (exact) mass is 306 g/mol. The molecule has 1 N–H and O–H groups in total. The van der Waals surface area contributed by atoms with E-state index in [0.717, 1.165) is 64.8 Å². The number of likely N-dealkylation sites (tertiary alicyclic amines) is 1. The van der Waals surface area contributed by atoms with Gasteiger partial charge < -0.3 is 15.0 Å². The van der Waals surface area contributed by atoms with Crippen molar-refractivity contribution in [2.45, 2.75) is 50.5 Å². The maximum atomic E-state index is 12.2. The van der Waals surface area contributed by atoms with Crippen molar-refractivity contribution in [3.63, 3.8) is 0 Å². The van der Waals surface area contributed by atoms with Crippen LogP contribution in [0.5, 0.6) is 0 Å². The number of nitrogens with one attached hydrogen (secondary N) is 1. The third-order valence-corrected chi connectivity index (χ3v) is 5.87. The van der Waals surface area contributed by atoms with E-state index in [1.807, 2.05) is 4.90 Å². The van der Waals surface area contributed by atoms with Gasteiger partial charge in [0.2, 0.25) is 11.8 Å². The fourth-order valence-electron chi connectivity index (χ4n) is 3.78. The van der Waals surface area contributed by atoms with Crippen molar-refractivity contribution in [2.75, 3.05) is 26.2 Å². The standard InChI is InChI=1S/C17H26N2O3/c20-15(13-4-5-13)18-8-12-6-7-17(22-9-12)10-19(11-17)16(21)14-2-1-3-14/h12-14H,1-11H2,(H,18,20)/t12-/m1/s1. The first-order valence-electron chi connectivity index (χ1n) is 8.86. The minimum Gasteiger partial charge on any atom is -0.371 e. The molecule has 5 heteroatoms. The van der Waals surface area contributed by atoms with Crippen LogP contribution in [0.3, 0.4) is 0 Å². The molecule has 2 saturated carbocycles. The summed E-state index contributed by atoms with van der Waals surface area (Å²) < 4.78 is 6.09. The average molecular weight is 306 g/mol. The molecule has 2 heterocycles. The molecular weight excluding hydrogens is 280 g/mol. The summed E-state index contributed by atoms with van der Waals surface area (Å²) >= 11 is 0. The minimum absolute atomic E-state index is 0.0730. The van der Waals surface area contributed by atoms with Crippen LogP contribution < -0.4 is 5.32 Å². The molecule has 5 nitrogen and oxygen atoms in total. The van der Waals surface area contributed by atoms with Crippen molar-refractivity contribution in [1.29, 1.82) is 0 Å². The highest BCUT2D eigenvalue weighted by Crippen LogP contribution is 2.38. The molecule has 4 aliphatic rings. The van der Waals surface area contributed by atoms with E-state index < -0.39 is 0 Å². The van der Waals surface area contributed by atoms with Crippen LogP contribution in [0.1, 0.15) is 44.9 Å². The van der Waals surface area contributed by atoms with Crippen LogP contribution in [-0.2, 0) is 14.3 Å². The number of hydrogen-bond acceptors (Lipinski definition) is 3. The van der Waals surface area contributed by atoms with Gasteiger partial charge in [-0.05, 0) is 44.4 Å². The molecule has 0 unspecified atom stereocenters. The molecule has 122 valence electrons. The first-order valence-corrected chi connectivity index (χ1v) is 8.86. The van der Waals surface area contributed by atoms with E-state index in [1.165, 1.54) is 6.42 Å². The van der Waals surface area contributed by atoms with Crippen LogP contribution in [-0.4, -0.2) is 48.6 Å². The van der Waals surface area contributed by atoms with Crippen molar-refractivity contribution in [1.82, 2.24) is 10.2 Å². The highest BCUT2D eigenvalue weighted by atomic mass is 16.5. The van der Waals surface area contributed by atoms with Crippen LogP contribution in [0, 0.1) is 17.8 Å². The predicted molar refractivity (Wildman–Crippen MR) is 81.1 cm³/mol. The zero-order valence-electron chi connectivity index (χ0n) is 13.2. The summed E-state index contributed by atoms with van der Waals surface area (Å²) in [7, 11) is 0. The number of carbonyl (C=O) groups is 2. The fourth-order valence-corrected chi connectivity index (χ4v) is 3.78. The summed E-state index contributed by atoms with van der Waals surface area (Å²) in [6.45, 7) is 3.03. The lowest BCUT2D eigenvalue weighted by Gasteiger charge is -2.54. The Bertz CT molecular complexity index is 455. The summed E-state index contributed by atoms with van der Waals surface area (Å²) in [5.41, 5.74) is -0.0730. The van der Waals surface area contributed by atoms with Gasteiger partial charge in [0.05, 0.1) is 19.7 Å². The van der Waals surface area contributed by atoms with Crippen LogP contribution in [0.25, 0.3) is 0 Å². The maximum Gasteiger partial charge on any atom is 0.225 e. The van der Waals surface area contributed by atoms with Gasteiger partial charge in [0.15, 0.2) is 0 Å². The second-order valence-corrected chi connectivity index (χ2v) is 7.74. The number of carbonyl (C=O) groups excluding carboxylic acids is 2. The molecule has 2 aliphatic heterocycles. The molecular formula is C17H26N2O3. The summed E-state index contributed by atoms with van der Waals surface area (Å²) in [6.07, 6.45) is 7.59. The van der Waals surface area contributed by atoms with Gasteiger partial charge in [-0.2, -0.15) is 0 Å². The van der Waals surface area contributed by atoms with E-state index in [2.05, 4.69) is 5.32 Å². The summed E-state index contributed by atoms with van der Waals surface area (Å²) in [4.78, 5) is 25.8. The molecule has 0 bridgehead atoms. The zero-order valence-corrected chi connectivity index (χ0v) is 13.2. The molecule has 2 aliphatic carbocycles. The van der Waals surface area contributed by atoms with Gasteiger partial charge >= 0.3 is 0 Å². The SMILES string of the molecule is O=C(NC[C@H]1CCC2(CN(C(=O)C3CCC3)C2)OC1)C1CC1. The molecule has 1 atom stereocenters. The zero-order chi connectivity index (χ0) is 15.2. The van der Waals surface area contributed by atoms with E-state index in [9.17, 15) is 9.59 Å². The fraction of sp³-hybridized carbons (Fsp3) is 0.882. The van der Waals surface area contributed by atoms with E-state index in [-0.39, 0.29) is 17.4 Å². The molecule has 0 aromatic heterocycles. The quantitative estimate of drug-likeness (QED) is 0.852. The Labute approximate surface area is 131 Å². The molecule has 0 radical (unpaired) electrons. The van der Waals surface area contributed by atoms with Crippen molar-refractivity contribution in [3.05, 3.63) is 0 Å². The Balaban J connectivity index is 1.18. The first kappa shape index (κ1) is 14.5. The van der Waals surface area contributed by atoms with Gasteiger partial charge in [-0.15, -0.1) is 0 Å². The molecule has 4 rings (SSSR count). The van der Waals surface area contributed by atoms with Crippen LogP contribution in [0.15, 0.2) is 0 Å². The highest BCUT2D eigenvalue weighted by Gasteiger charge is 2.49. The lowest BCUT2D eigenvalue weighted by Crippen LogP contribution is -2.67. The predicted octanol–water partition coefficient (Wildman–Crippen LogP) is 1.32. The Morgan fingerprint density at radius 2 is 1.86 bits per heavy atom. The summed E-state index contributed by atoms with van der Waals surface area (Å²) in [5, 5.41) is 3.05. The van der Waals surface area contributed by atoms with Crippen LogP contribution in [0.2, 0.25) is 0 Å². The Hall–Kier alpha value is -1.10. The summed E-state index contributed by atoms with van der Waals surface area (Å²) in [5.74, 6) is 1.59. The van der Waals surface area contributed by atoms with Gasteiger partial charge in [-0.1, -0.05) is 6.42 Å². The number of hydrogen-bond donors (Lipinski definition) is 1. The van der Waals surface area contributed by atoms with E-state index in [0.29, 0.717) is 17.7 Å². The van der Waals surface area contributed by atoms with E-state index >= 15 is 0 Å². The van der Waals surface area contributed by atoms with E-state index in [4.69, 9.17) is 4.74 Å². The van der Waals surface area contributed by atoms with Gasteiger partial charge in [0, 0.05) is 18.4 Å². The minimum atomic E-state index is -0.0730. The number of rotatable bonds is 4. The lowest BCUT2D eigenvalue weighted by molar-refractivity contribution is -0.192.